The Bertz CT molecular complexity index is 1080. The summed E-state index contributed by atoms with van der Waals surface area (Å²) in [5.41, 5.74) is 2.67. The van der Waals surface area contributed by atoms with Gasteiger partial charge in [-0.05, 0) is 64.6 Å². The van der Waals surface area contributed by atoms with Gasteiger partial charge < -0.3 is 4.74 Å². The van der Waals surface area contributed by atoms with Crippen LogP contribution in [0.25, 0.3) is 11.1 Å². The molecule has 0 bridgehead atoms. The minimum Gasteiger partial charge on any atom is -0.457 e. The van der Waals surface area contributed by atoms with Crippen molar-refractivity contribution in [1.29, 1.82) is 0 Å². The molecule has 0 radical (unpaired) electrons. The Morgan fingerprint density at radius 3 is 1.85 bits per heavy atom. The molecular weight excluding hydrogens is 355 g/mol. The van der Waals surface area contributed by atoms with Crippen molar-refractivity contribution in [1.82, 2.24) is 0 Å². The van der Waals surface area contributed by atoms with Gasteiger partial charge in [-0.25, -0.2) is 4.39 Å². The number of hydrogen-bond donors (Lipinski definition) is 1. The van der Waals surface area contributed by atoms with Crippen LogP contribution in [0, 0.1) is 5.82 Å². The molecule has 1 nitrogen and oxygen atoms in total. The molecule has 1 aliphatic rings. The van der Waals surface area contributed by atoms with Crippen molar-refractivity contribution in [2.45, 2.75) is 14.7 Å². The number of benzene rings is 4. The molecule has 0 saturated carbocycles. The van der Waals surface area contributed by atoms with E-state index in [4.69, 9.17) is 4.74 Å². The lowest BCUT2D eigenvalue weighted by Crippen LogP contribution is -1.87. The lowest BCUT2D eigenvalue weighted by atomic mass is 10.1. The van der Waals surface area contributed by atoms with Gasteiger partial charge in [0.1, 0.15) is 17.3 Å². The highest BCUT2D eigenvalue weighted by Crippen LogP contribution is 2.62. The first-order valence-corrected chi connectivity index (χ1v) is 10.2. The smallest absolute Gasteiger partial charge is 0.130 e. The van der Waals surface area contributed by atoms with Gasteiger partial charge in [-0.2, -0.15) is 10.9 Å². The molecule has 0 atom stereocenters. The minimum atomic E-state index is -0.564. The van der Waals surface area contributed by atoms with Gasteiger partial charge in [0.15, 0.2) is 0 Å². The van der Waals surface area contributed by atoms with Crippen LogP contribution in [0.4, 0.5) is 4.39 Å². The summed E-state index contributed by atoms with van der Waals surface area (Å²) in [6.45, 7) is 0. The largest absolute Gasteiger partial charge is 0.457 e. The van der Waals surface area contributed by atoms with Crippen LogP contribution in [0.3, 0.4) is 0 Å². The molecule has 0 N–H and O–H groups in total. The molecule has 0 amide bonds. The Kier molecular flexibility index (Phi) is 3.95. The second-order valence-electron chi connectivity index (χ2n) is 6.42. The summed E-state index contributed by atoms with van der Waals surface area (Å²) in [5.74, 6) is 0.914. The zero-order chi connectivity index (χ0) is 18.2. The Morgan fingerprint density at radius 1 is 0.593 bits per heavy atom. The molecule has 1 aliphatic heterocycles. The van der Waals surface area contributed by atoms with Crippen molar-refractivity contribution in [2.24, 2.45) is 0 Å². The molecule has 1 heterocycles. The lowest BCUT2D eigenvalue weighted by Gasteiger charge is -2.19. The summed E-state index contributed by atoms with van der Waals surface area (Å²) < 4.78 is 19.1. The molecule has 0 aliphatic carbocycles. The van der Waals surface area contributed by atoms with E-state index in [2.05, 4.69) is 60.7 Å². The number of ether oxygens (including phenoxy) is 1. The maximum atomic E-state index is 13.3. The van der Waals surface area contributed by atoms with Gasteiger partial charge in [-0.1, -0.05) is 42.5 Å². The minimum absolute atomic E-state index is 0.299. The third kappa shape index (κ3) is 2.90. The molecule has 4 aromatic rings. The van der Waals surface area contributed by atoms with E-state index in [0.717, 1.165) is 0 Å². The summed E-state index contributed by atoms with van der Waals surface area (Å²) in [5, 5.41) is 0. The highest BCUT2D eigenvalue weighted by Gasteiger charge is 2.26. The normalized spacial score (nSPS) is 13.1. The van der Waals surface area contributed by atoms with E-state index in [1.807, 2.05) is 12.1 Å². The van der Waals surface area contributed by atoms with Crippen molar-refractivity contribution >= 4 is 10.9 Å². The highest BCUT2D eigenvalue weighted by atomic mass is 32.2. The molecule has 4 aromatic carbocycles. The van der Waals surface area contributed by atoms with Crippen LogP contribution in [0.1, 0.15) is 0 Å². The quantitative estimate of drug-likeness (QED) is 0.333. The second-order valence-corrected chi connectivity index (χ2v) is 8.57. The van der Waals surface area contributed by atoms with Gasteiger partial charge in [0, 0.05) is 15.9 Å². The number of hydrogen-bond acceptors (Lipinski definition) is 1. The molecule has 5 rings (SSSR count). The summed E-state index contributed by atoms with van der Waals surface area (Å²) in [4.78, 5) is 4.08. The first kappa shape index (κ1) is 16.2. The molecular formula is C24H17FOS. The van der Waals surface area contributed by atoms with Crippen LogP contribution >= 0.6 is 10.9 Å². The second kappa shape index (κ2) is 6.60. The topological polar surface area (TPSA) is 9.23 Å². The van der Waals surface area contributed by atoms with Crippen molar-refractivity contribution < 1.29 is 9.13 Å². The Labute approximate surface area is 160 Å². The zero-order valence-electron chi connectivity index (χ0n) is 14.5. The first-order chi connectivity index (χ1) is 13.3. The predicted octanol–water partition coefficient (Wildman–Crippen LogP) is 7.08. The maximum absolute atomic E-state index is 13.3. The van der Waals surface area contributed by atoms with Crippen LogP contribution < -0.4 is 4.74 Å². The molecule has 27 heavy (non-hydrogen) atoms. The Balaban J connectivity index is 1.50. The molecule has 0 spiro atoms. The summed E-state index contributed by atoms with van der Waals surface area (Å²) in [6.07, 6.45) is 0. The molecule has 3 heteroatoms. The van der Waals surface area contributed by atoms with Gasteiger partial charge in [0.2, 0.25) is 0 Å². The summed E-state index contributed by atoms with van der Waals surface area (Å²) in [6, 6.07) is 31.7. The highest BCUT2D eigenvalue weighted by molar-refractivity contribution is 8.17. The fourth-order valence-electron chi connectivity index (χ4n) is 3.53. The van der Waals surface area contributed by atoms with Gasteiger partial charge in [0.05, 0.1) is 0 Å². The molecule has 0 fully saturated rings. The number of thiol groups is 1. The van der Waals surface area contributed by atoms with Crippen LogP contribution in [0.5, 0.6) is 11.5 Å². The van der Waals surface area contributed by atoms with Crippen LogP contribution in [0.15, 0.2) is 112 Å². The van der Waals surface area contributed by atoms with Crippen molar-refractivity contribution in [3.63, 3.8) is 0 Å². The summed E-state index contributed by atoms with van der Waals surface area (Å²) in [7, 11) is -0.564. The van der Waals surface area contributed by atoms with Gasteiger partial charge in [-0.15, -0.1) is 0 Å². The molecule has 0 saturated heterocycles. The van der Waals surface area contributed by atoms with E-state index < -0.39 is 10.9 Å². The van der Waals surface area contributed by atoms with Crippen LogP contribution in [-0.4, -0.2) is 0 Å². The Morgan fingerprint density at radius 2 is 1.22 bits per heavy atom. The van der Waals surface area contributed by atoms with E-state index in [-0.39, 0.29) is 5.82 Å². The lowest BCUT2D eigenvalue weighted by molar-refractivity contribution is 0.476. The predicted molar refractivity (Wildman–Crippen MR) is 109 cm³/mol. The van der Waals surface area contributed by atoms with Crippen molar-refractivity contribution in [2.75, 3.05) is 0 Å². The fraction of sp³-hybridized carbons (Fsp3) is 0. The van der Waals surface area contributed by atoms with Gasteiger partial charge in [-0.3, -0.25) is 0 Å². The standard InChI is InChI=1S/C24H17FOS/c25-17-6-5-7-19(16-17)26-18-12-14-20(15-13-18)27-23-10-3-1-8-21(23)22-9-2-4-11-24(22)27/h1-16,27H. The SMILES string of the molecule is Fc1cccc(Oc2ccc([SH]3c4ccccc4-c4ccccc43)cc2)c1. The average Bonchev–Trinajstić information content (AvgIpc) is 3.03. The fourth-order valence-corrected chi connectivity index (χ4v) is 6.14. The third-order valence-electron chi connectivity index (χ3n) is 4.71. The van der Waals surface area contributed by atoms with Crippen LogP contribution in [-0.2, 0) is 0 Å². The average molecular weight is 372 g/mol. The van der Waals surface area contributed by atoms with E-state index >= 15 is 0 Å². The number of fused-ring (bicyclic) bond motifs is 3. The van der Waals surface area contributed by atoms with E-state index in [1.165, 1.54) is 37.9 Å². The molecule has 0 unspecified atom stereocenters. The summed E-state index contributed by atoms with van der Waals surface area (Å²) >= 11 is 0. The maximum Gasteiger partial charge on any atom is 0.130 e. The van der Waals surface area contributed by atoms with Crippen molar-refractivity contribution in [3.05, 3.63) is 103 Å². The van der Waals surface area contributed by atoms with E-state index in [1.54, 1.807) is 12.1 Å². The molecule has 0 aromatic heterocycles. The third-order valence-corrected chi connectivity index (χ3v) is 7.26. The number of rotatable bonds is 3. The van der Waals surface area contributed by atoms with Crippen LogP contribution in [0.2, 0.25) is 0 Å². The zero-order valence-corrected chi connectivity index (χ0v) is 15.4. The van der Waals surface area contributed by atoms with Gasteiger partial charge in [0.25, 0.3) is 0 Å². The molecule has 132 valence electrons. The van der Waals surface area contributed by atoms with E-state index in [0.29, 0.717) is 11.5 Å². The van der Waals surface area contributed by atoms with Gasteiger partial charge >= 0.3 is 0 Å². The first-order valence-electron chi connectivity index (χ1n) is 8.82. The monoisotopic (exact) mass is 372 g/mol. The Hall–Kier alpha value is -3.04. The van der Waals surface area contributed by atoms with Crippen molar-refractivity contribution in [3.8, 4) is 22.6 Å². The van der Waals surface area contributed by atoms with E-state index in [9.17, 15) is 4.39 Å². The number of halogens is 1.